The van der Waals surface area contributed by atoms with Gasteiger partial charge in [0, 0.05) is 12.8 Å². The van der Waals surface area contributed by atoms with Crippen LogP contribution in [-0.2, 0) is 19.1 Å². The third kappa shape index (κ3) is 30.4. The molecule has 5 heteroatoms. The van der Waals surface area contributed by atoms with Crippen molar-refractivity contribution < 1.29 is 24.2 Å². The zero-order chi connectivity index (χ0) is 30.1. The number of rotatable bonds is 28. The van der Waals surface area contributed by atoms with Crippen molar-refractivity contribution in [3.63, 3.8) is 0 Å². The number of allylic oxidation sites excluding steroid dienone is 10. The number of carbonyl (C=O) groups is 2. The topological polar surface area (TPSA) is 72.8 Å². The van der Waals surface area contributed by atoms with Gasteiger partial charge in [-0.1, -0.05) is 107 Å². The van der Waals surface area contributed by atoms with Gasteiger partial charge in [-0.3, -0.25) is 9.59 Å². The van der Waals surface area contributed by atoms with Crippen LogP contribution in [0.2, 0.25) is 0 Å². The van der Waals surface area contributed by atoms with Crippen LogP contribution in [0.5, 0.6) is 0 Å². The average Bonchev–Trinajstić information content (AvgIpc) is 2.97. The number of carbonyl (C=O) groups excluding carboxylic acids is 2. The van der Waals surface area contributed by atoms with Crippen LogP contribution in [0.4, 0.5) is 0 Å². The minimum absolute atomic E-state index is 0.0897. The zero-order valence-corrected chi connectivity index (χ0v) is 26.3. The lowest BCUT2D eigenvalue weighted by Crippen LogP contribution is -2.28. The first kappa shape index (κ1) is 38.6. The predicted octanol–water partition coefficient (Wildman–Crippen LogP) is 9.67. The lowest BCUT2D eigenvalue weighted by molar-refractivity contribution is -0.161. The lowest BCUT2D eigenvalue weighted by Gasteiger charge is -2.15. The Morgan fingerprint density at radius 1 is 0.585 bits per heavy atom. The van der Waals surface area contributed by atoms with Crippen molar-refractivity contribution in [1.29, 1.82) is 0 Å². The van der Waals surface area contributed by atoms with Crippen LogP contribution in [0.3, 0.4) is 0 Å². The summed E-state index contributed by atoms with van der Waals surface area (Å²) < 4.78 is 10.5. The fourth-order valence-electron chi connectivity index (χ4n) is 4.07. The summed E-state index contributed by atoms with van der Waals surface area (Å²) in [6, 6.07) is 0. The molecule has 0 aromatic rings. The molecule has 0 spiro atoms. The van der Waals surface area contributed by atoms with E-state index in [1.165, 1.54) is 38.5 Å². The van der Waals surface area contributed by atoms with Crippen LogP contribution in [-0.4, -0.2) is 36.4 Å². The van der Waals surface area contributed by atoms with Gasteiger partial charge < -0.3 is 14.6 Å². The van der Waals surface area contributed by atoms with E-state index in [0.717, 1.165) is 70.6 Å². The fraction of sp³-hybridized carbons (Fsp3) is 0.667. The van der Waals surface area contributed by atoms with Crippen molar-refractivity contribution in [3.05, 3.63) is 60.8 Å². The maximum Gasteiger partial charge on any atom is 0.306 e. The highest BCUT2D eigenvalue weighted by molar-refractivity contribution is 5.70. The second kappa shape index (κ2) is 32.1. The van der Waals surface area contributed by atoms with Crippen molar-refractivity contribution >= 4 is 11.9 Å². The van der Waals surface area contributed by atoms with Gasteiger partial charge in [-0.05, 0) is 77.0 Å². The molecule has 1 N–H and O–H groups in total. The molecule has 0 aliphatic carbocycles. The third-order valence-electron chi connectivity index (χ3n) is 6.55. The molecule has 0 radical (unpaired) electrons. The van der Waals surface area contributed by atoms with E-state index in [1.807, 2.05) is 0 Å². The first-order valence-corrected chi connectivity index (χ1v) is 16.3. The van der Waals surface area contributed by atoms with Crippen LogP contribution in [0.1, 0.15) is 136 Å². The smallest absolute Gasteiger partial charge is 0.306 e. The molecule has 0 aromatic heterocycles. The van der Waals surface area contributed by atoms with Crippen molar-refractivity contribution in [1.82, 2.24) is 0 Å². The van der Waals surface area contributed by atoms with Gasteiger partial charge in [0.1, 0.15) is 6.61 Å². The molecule has 234 valence electrons. The van der Waals surface area contributed by atoms with E-state index < -0.39 is 6.10 Å². The molecule has 0 unspecified atom stereocenters. The molecule has 0 rings (SSSR count). The zero-order valence-electron chi connectivity index (χ0n) is 26.3. The second-order valence-electron chi connectivity index (χ2n) is 10.5. The Hall–Kier alpha value is -2.40. The Bertz CT molecular complexity index is 747. The molecule has 0 bridgehead atoms. The highest BCUT2D eigenvalue weighted by Gasteiger charge is 2.15. The largest absolute Gasteiger partial charge is 0.462 e. The summed E-state index contributed by atoms with van der Waals surface area (Å²) in [6.07, 6.45) is 39.9. The van der Waals surface area contributed by atoms with Crippen LogP contribution in [0.15, 0.2) is 60.8 Å². The maximum atomic E-state index is 12.1. The van der Waals surface area contributed by atoms with Crippen LogP contribution < -0.4 is 0 Å². The first-order chi connectivity index (χ1) is 20.1. The van der Waals surface area contributed by atoms with E-state index in [2.05, 4.69) is 74.6 Å². The van der Waals surface area contributed by atoms with Gasteiger partial charge in [0.05, 0.1) is 6.61 Å². The highest BCUT2D eigenvalue weighted by atomic mass is 16.6. The molecule has 0 heterocycles. The summed E-state index contributed by atoms with van der Waals surface area (Å²) in [7, 11) is 0. The number of hydrogen-bond donors (Lipinski definition) is 1. The molecule has 0 aromatic carbocycles. The summed E-state index contributed by atoms with van der Waals surface area (Å²) in [5.41, 5.74) is 0. The van der Waals surface area contributed by atoms with Crippen molar-refractivity contribution in [2.75, 3.05) is 13.2 Å². The number of aliphatic hydroxyl groups excluding tert-OH is 1. The molecular weight excluding hydrogens is 512 g/mol. The number of hydrogen-bond acceptors (Lipinski definition) is 5. The van der Waals surface area contributed by atoms with Gasteiger partial charge in [0.15, 0.2) is 6.10 Å². The Kier molecular flexibility index (Phi) is 30.2. The van der Waals surface area contributed by atoms with E-state index >= 15 is 0 Å². The lowest BCUT2D eigenvalue weighted by atomic mass is 10.1. The molecule has 5 nitrogen and oxygen atoms in total. The summed E-state index contributed by atoms with van der Waals surface area (Å²) in [4.78, 5) is 24.1. The monoisotopic (exact) mass is 572 g/mol. The van der Waals surface area contributed by atoms with E-state index in [1.54, 1.807) is 0 Å². The number of esters is 2. The number of ether oxygens (including phenoxy) is 2. The Morgan fingerprint density at radius 3 is 1.66 bits per heavy atom. The van der Waals surface area contributed by atoms with Gasteiger partial charge >= 0.3 is 11.9 Å². The van der Waals surface area contributed by atoms with E-state index in [4.69, 9.17) is 9.47 Å². The summed E-state index contributed by atoms with van der Waals surface area (Å²) in [6.45, 7) is 3.92. The number of aliphatic hydroxyl groups is 1. The van der Waals surface area contributed by atoms with E-state index in [0.29, 0.717) is 12.8 Å². The number of unbranched alkanes of at least 4 members (excludes halogenated alkanes) is 10. The molecule has 41 heavy (non-hydrogen) atoms. The molecule has 0 saturated carbocycles. The second-order valence-corrected chi connectivity index (χ2v) is 10.5. The molecule has 1 atom stereocenters. The quantitative estimate of drug-likeness (QED) is 0.0574. The van der Waals surface area contributed by atoms with Crippen molar-refractivity contribution in [2.24, 2.45) is 0 Å². The van der Waals surface area contributed by atoms with E-state index in [9.17, 15) is 14.7 Å². The van der Waals surface area contributed by atoms with E-state index in [-0.39, 0.29) is 25.2 Å². The molecule has 0 aliphatic heterocycles. The minimum Gasteiger partial charge on any atom is -0.462 e. The molecular formula is C36H60O5. The third-order valence-corrected chi connectivity index (χ3v) is 6.55. The summed E-state index contributed by atoms with van der Waals surface area (Å²) >= 11 is 0. The van der Waals surface area contributed by atoms with Crippen LogP contribution in [0, 0.1) is 0 Å². The van der Waals surface area contributed by atoms with Gasteiger partial charge in [0.2, 0.25) is 0 Å². The molecule has 0 amide bonds. The molecule has 0 fully saturated rings. The predicted molar refractivity (Wildman–Crippen MR) is 173 cm³/mol. The average molecular weight is 573 g/mol. The normalized spacial score (nSPS) is 13.0. The minimum atomic E-state index is -0.796. The van der Waals surface area contributed by atoms with Gasteiger partial charge in [0.25, 0.3) is 0 Å². The van der Waals surface area contributed by atoms with Crippen molar-refractivity contribution in [2.45, 2.75) is 142 Å². The highest BCUT2D eigenvalue weighted by Crippen LogP contribution is 2.10. The van der Waals surface area contributed by atoms with Crippen molar-refractivity contribution in [3.8, 4) is 0 Å². The Labute approximate surface area is 251 Å². The van der Waals surface area contributed by atoms with Gasteiger partial charge in [-0.15, -0.1) is 0 Å². The fourth-order valence-corrected chi connectivity index (χ4v) is 4.07. The Morgan fingerprint density at radius 2 is 1.05 bits per heavy atom. The molecule has 0 saturated heterocycles. The van der Waals surface area contributed by atoms with Gasteiger partial charge in [-0.2, -0.15) is 0 Å². The summed E-state index contributed by atoms with van der Waals surface area (Å²) in [5, 5.41) is 9.49. The maximum absolute atomic E-state index is 12.1. The van der Waals surface area contributed by atoms with Crippen LogP contribution in [0.25, 0.3) is 0 Å². The van der Waals surface area contributed by atoms with Gasteiger partial charge in [-0.25, -0.2) is 0 Å². The summed E-state index contributed by atoms with van der Waals surface area (Å²) in [5.74, 6) is -0.659. The van der Waals surface area contributed by atoms with Crippen LogP contribution >= 0.6 is 0 Å². The molecule has 0 aliphatic rings. The first-order valence-electron chi connectivity index (χ1n) is 16.3. The standard InChI is InChI=1S/C36H60O5/c1-3-5-7-9-11-13-15-17-18-19-21-23-25-27-29-31-36(39)41-34(32-37)33-40-35(38)30-28-26-24-22-20-16-14-12-10-8-6-4-2/h5,7,11-14,17-18,21,23,34,37H,3-4,6,8-10,15-16,19-20,22,24-33H2,1-2H3/b7-5+,13-11+,14-12+,18-17+,23-21+/t34-/m0/s1. The Balaban J connectivity index is 3.72. The SMILES string of the molecule is CC/C=C/C/C=C/C/C=C/C/C=C/CCCCC(=O)O[C@@H](CO)COC(=O)CCCCCCC/C=C/CCCCC.